The number of carbonyl (C=O) groups is 3. The lowest BCUT2D eigenvalue weighted by molar-refractivity contribution is 0.0924. The molecule has 3 amide bonds. The Balaban J connectivity index is 1.39. The minimum absolute atomic E-state index is 0.337. The quantitative estimate of drug-likeness (QED) is 0.451. The number of anilines is 2. The Morgan fingerprint density at radius 2 is 1.50 bits per heavy atom. The zero-order chi connectivity index (χ0) is 23.8. The molecule has 0 fully saturated rings. The summed E-state index contributed by atoms with van der Waals surface area (Å²) < 4.78 is 1.86. The van der Waals surface area contributed by atoms with Crippen molar-refractivity contribution in [3.05, 3.63) is 113 Å². The van der Waals surface area contributed by atoms with Gasteiger partial charge in [0.1, 0.15) is 0 Å². The molecular formula is C27H22N4O3. The van der Waals surface area contributed by atoms with Gasteiger partial charge in [-0.3, -0.25) is 19.1 Å². The Morgan fingerprint density at radius 3 is 2.18 bits per heavy atom. The fraction of sp³-hybridized carbons (Fsp3) is 0.111. The summed E-state index contributed by atoms with van der Waals surface area (Å²) in [4.78, 5) is 39.8. The van der Waals surface area contributed by atoms with Gasteiger partial charge in [-0.05, 0) is 49.7 Å². The van der Waals surface area contributed by atoms with Crippen molar-refractivity contribution in [2.45, 2.75) is 20.4 Å². The number of benzene rings is 3. The van der Waals surface area contributed by atoms with Gasteiger partial charge >= 0.3 is 0 Å². The summed E-state index contributed by atoms with van der Waals surface area (Å²) in [5.74, 6) is -1.14. The summed E-state index contributed by atoms with van der Waals surface area (Å²) in [6.45, 7) is 4.35. The molecule has 1 N–H and O–H groups in total. The number of nitrogens with one attached hydrogen (secondary N) is 1. The number of rotatable bonds is 5. The van der Waals surface area contributed by atoms with E-state index in [0.717, 1.165) is 16.2 Å². The predicted molar refractivity (Wildman–Crippen MR) is 129 cm³/mol. The number of carbonyl (C=O) groups excluding carboxylic acids is 3. The summed E-state index contributed by atoms with van der Waals surface area (Å²) >= 11 is 0. The highest BCUT2D eigenvalue weighted by atomic mass is 16.2. The summed E-state index contributed by atoms with van der Waals surface area (Å²) in [6.07, 6.45) is 0. The van der Waals surface area contributed by atoms with E-state index in [4.69, 9.17) is 0 Å². The summed E-state index contributed by atoms with van der Waals surface area (Å²) in [7, 11) is 0. The zero-order valence-corrected chi connectivity index (χ0v) is 18.8. The minimum Gasteiger partial charge on any atom is -0.319 e. The first-order valence-electron chi connectivity index (χ1n) is 10.9. The normalized spacial score (nSPS) is 12.7. The molecule has 7 nitrogen and oxygen atoms in total. The molecule has 34 heavy (non-hydrogen) atoms. The van der Waals surface area contributed by atoms with Gasteiger partial charge in [0.2, 0.25) is 0 Å². The number of aryl methyl sites for hydroxylation is 1. The molecule has 1 aliphatic heterocycles. The first-order valence-corrected chi connectivity index (χ1v) is 10.9. The molecule has 0 radical (unpaired) electrons. The second-order valence-electron chi connectivity index (χ2n) is 8.18. The van der Waals surface area contributed by atoms with Crippen molar-refractivity contribution >= 4 is 29.1 Å². The molecule has 1 aliphatic rings. The van der Waals surface area contributed by atoms with Crippen LogP contribution in [0.4, 0.5) is 11.4 Å². The fourth-order valence-corrected chi connectivity index (χ4v) is 4.18. The number of hydrogen-bond donors (Lipinski definition) is 1. The van der Waals surface area contributed by atoms with Crippen LogP contribution in [0.3, 0.4) is 0 Å². The molecule has 2 heterocycles. The van der Waals surface area contributed by atoms with Gasteiger partial charge in [-0.2, -0.15) is 5.10 Å². The maximum absolute atomic E-state index is 13.1. The minimum atomic E-state index is -0.396. The van der Waals surface area contributed by atoms with Crippen LogP contribution in [0.25, 0.3) is 0 Å². The van der Waals surface area contributed by atoms with Crippen LogP contribution in [-0.4, -0.2) is 27.5 Å². The number of imide groups is 1. The van der Waals surface area contributed by atoms with E-state index in [1.807, 2.05) is 48.9 Å². The Bertz CT molecular complexity index is 1400. The van der Waals surface area contributed by atoms with Gasteiger partial charge in [-0.25, -0.2) is 4.90 Å². The number of aromatic nitrogens is 2. The highest BCUT2D eigenvalue weighted by Gasteiger charge is 2.36. The van der Waals surface area contributed by atoms with Gasteiger partial charge in [0.25, 0.3) is 17.7 Å². The maximum atomic E-state index is 13.1. The van der Waals surface area contributed by atoms with Crippen LogP contribution in [0, 0.1) is 13.8 Å². The van der Waals surface area contributed by atoms with Gasteiger partial charge in [-0.15, -0.1) is 0 Å². The van der Waals surface area contributed by atoms with E-state index in [1.165, 1.54) is 0 Å². The molecule has 5 rings (SSSR count). The average molecular weight is 450 g/mol. The number of amides is 3. The second-order valence-corrected chi connectivity index (χ2v) is 8.18. The number of nitrogens with zero attached hydrogens (tertiary/aromatic N) is 3. The van der Waals surface area contributed by atoms with Crippen LogP contribution in [0.1, 0.15) is 48.0 Å². The first kappa shape index (κ1) is 21.3. The van der Waals surface area contributed by atoms with Gasteiger partial charge < -0.3 is 5.32 Å². The van der Waals surface area contributed by atoms with Crippen LogP contribution < -0.4 is 10.2 Å². The molecule has 1 aromatic heterocycles. The molecule has 0 bridgehead atoms. The van der Waals surface area contributed by atoms with Crippen molar-refractivity contribution in [3.63, 3.8) is 0 Å². The second kappa shape index (κ2) is 8.44. The first-order chi connectivity index (χ1) is 16.4. The maximum Gasteiger partial charge on any atom is 0.266 e. The molecule has 0 atom stereocenters. The number of hydrogen-bond acceptors (Lipinski definition) is 4. The van der Waals surface area contributed by atoms with Crippen molar-refractivity contribution in [1.29, 1.82) is 0 Å². The molecule has 7 heteroatoms. The monoisotopic (exact) mass is 450 g/mol. The van der Waals surface area contributed by atoms with Crippen molar-refractivity contribution in [3.8, 4) is 0 Å². The van der Waals surface area contributed by atoms with Crippen LogP contribution in [0.2, 0.25) is 0 Å². The largest absolute Gasteiger partial charge is 0.319 e. The van der Waals surface area contributed by atoms with Crippen LogP contribution in [-0.2, 0) is 6.54 Å². The molecule has 0 spiro atoms. The Labute approximate surface area is 196 Å². The average Bonchev–Trinajstić information content (AvgIpc) is 3.26. The summed E-state index contributed by atoms with van der Waals surface area (Å²) in [6, 6.07) is 23.2. The standard InChI is InChI=1S/C27H22N4O3/c1-17-24(18(2)30(29-17)16-19-9-4-3-5-10-19)28-25(32)20-11-8-12-21(15-20)31-26(33)22-13-6-7-14-23(22)27(31)34/h3-15H,16H2,1-2H3,(H,28,32). The molecule has 0 saturated heterocycles. The third kappa shape index (κ3) is 3.67. The van der Waals surface area contributed by atoms with E-state index in [-0.39, 0.29) is 5.91 Å². The Morgan fingerprint density at radius 1 is 0.853 bits per heavy atom. The molecule has 0 aliphatic carbocycles. The van der Waals surface area contributed by atoms with E-state index >= 15 is 0 Å². The van der Waals surface area contributed by atoms with Crippen LogP contribution in [0.5, 0.6) is 0 Å². The van der Waals surface area contributed by atoms with Crippen LogP contribution in [0.15, 0.2) is 78.9 Å². The molecule has 168 valence electrons. The van der Waals surface area contributed by atoms with E-state index in [2.05, 4.69) is 10.4 Å². The van der Waals surface area contributed by atoms with E-state index < -0.39 is 11.8 Å². The van der Waals surface area contributed by atoms with Gasteiger partial charge in [-0.1, -0.05) is 48.5 Å². The molecular weight excluding hydrogens is 428 g/mol. The summed E-state index contributed by atoms with van der Waals surface area (Å²) in [5, 5.41) is 7.53. The van der Waals surface area contributed by atoms with Gasteiger partial charge in [0, 0.05) is 5.56 Å². The lowest BCUT2D eigenvalue weighted by Gasteiger charge is -2.15. The van der Waals surface area contributed by atoms with Gasteiger partial charge in [0.15, 0.2) is 0 Å². The number of fused-ring (bicyclic) bond motifs is 1. The predicted octanol–water partition coefficient (Wildman–Crippen LogP) is 4.60. The van der Waals surface area contributed by atoms with E-state index in [1.54, 1.807) is 48.5 Å². The van der Waals surface area contributed by atoms with E-state index in [0.29, 0.717) is 40.3 Å². The van der Waals surface area contributed by atoms with Crippen molar-refractivity contribution < 1.29 is 14.4 Å². The van der Waals surface area contributed by atoms with Crippen molar-refractivity contribution in [1.82, 2.24) is 9.78 Å². The molecule has 4 aromatic rings. The third-order valence-corrected chi connectivity index (χ3v) is 5.96. The third-order valence-electron chi connectivity index (χ3n) is 5.96. The fourth-order valence-electron chi connectivity index (χ4n) is 4.18. The SMILES string of the molecule is Cc1nn(Cc2ccccc2)c(C)c1NC(=O)c1cccc(N2C(=O)c3ccccc3C2=O)c1. The highest BCUT2D eigenvalue weighted by molar-refractivity contribution is 6.34. The summed E-state index contributed by atoms with van der Waals surface area (Å²) in [5.41, 5.74) is 4.71. The van der Waals surface area contributed by atoms with Crippen LogP contribution >= 0.6 is 0 Å². The topological polar surface area (TPSA) is 84.3 Å². The van der Waals surface area contributed by atoms with Crippen molar-refractivity contribution in [2.24, 2.45) is 0 Å². The molecule has 3 aromatic carbocycles. The highest BCUT2D eigenvalue weighted by Crippen LogP contribution is 2.29. The lowest BCUT2D eigenvalue weighted by Crippen LogP contribution is -2.29. The lowest BCUT2D eigenvalue weighted by atomic mass is 10.1. The Hall–Kier alpha value is -4.52. The van der Waals surface area contributed by atoms with Gasteiger partial charge in [0.05, 0.1) is 40.4 Å². The van der Waals surface area contributed by atoms with Crippen molar-refractivity contribution in [2.75, 3.05) is 10.2 Å². The zero-order valence-electron chi connectivity index (χ0n) is 18.8. The Kier molecular flexibility index (Phi) is 5.30. The molecule has 0 unspecified atom stereocenters. The smallest absolute Gasteiger partial charge is 0.266 e. The molecule has 0 saturated carbocycles. The van der Waals surface area contributed by atoms with E-state index in [9.17, 15) is 14.4 Å².